The van der Waals surface area contributed by atoms with Crippen molar-refractivity contribution in [3.8, 4) is 5.75 Å². The molecule has 0 bridgehead atoms. The Morgan fingerprint density at radius 1 is 1.00 bits per heavy atom. The number of nitrogens with one attached hydrogen (secondary N) is 2. The zero-order valence-corrected chi connectivity index (χ0v) is 16.0. The first-order chi connectivity index (χ1) is 12.1. The van der Waals surface area contributed by atoms with Crippen LogP contribution in [0.4, 0.5) is 11.4 Å². The van der Waals surface area contributed by atoms with E-state index >= 15 is 0 Å². The number of carbonyl (C=O) groups is 2. The Balaban J connectivity index is 1.94. The number of ether oxygens (including phenoxy) is 1. The van der Waals surface area contributed by atoms with Gasteiger partial charge in [-0.1, -0.05) is 39.0 Å². The maximum absolute atomic E-state index is 12.1. The van der Waals surface area contributed by atoms with Crippen molar-refractivity contribution in [3.63, 3.8) is 0 Å². The first kappa shape index (κ1) is 19.5. The van der Waals surface area contributed by atoms with Crippen molar-refractivity contribution in [1.82, 2.24) is 0 Å². The first-order valence-electron chi connectivity index (χ1n) is 8.56. The lowest BCUT2D eigenvalue weighted by atomic mass is 9.87. The molecule has 5 nitrogen and oxygen atoms in total. The average Bonchev–Trinajstić information content (AvgIpc) is 2.55. The van der Waals surface area contributed by atoms with Gasteiger partial charge in [0.05, 0.1) is 0 Å². The van der Waals surface area contributed by atoms with Crippen molar-refractivity contribution in [3.05, 3.63) is 53.6 Å². The summed E-state index contributed by atoms with van der Waals surface area (Å²) in [6.45, 7) is 9.69. The topological polar surface area (TPSA) is 67.4 Å². The van der Waals surface area contributed by atoms with Gasteiger partial charge in [-0.3, -0.25) is 9.59 Å². The molecule has 0 aliphatic carbocycles. The second-order valence-electron chi connectivity index (χ2n) is 7.32. The molecule has 0 atom stereocenters. The molecule has 2 amide bonds. The highest BCUT2D eigenvalue weighted by molar-refractivity contribution is 5.94. The minimum atomic E-state index is -0.262. The third kappa shape index (κ3) is 5.62. The van der Waals surface area contributed by atoms with E-state index in [9.17, 15) is 9.59 Å². The molecule has 0 saturated heterocycles. The number of amides is 2. The Hall–Kier alpha value is -2.82. The third-order valence-corrected chi connectivity index (χ3v) is 3.92. The lowest BCUT2D eigenvalue weighted by Gasteiger charge is -2.19. The molecule has 2 aromatic carbocycles. The quantitative estimate of drug-likeness (QED) is 0.843. The minimum absolute atomic E-state index is 0.0763. The van der Waals surface area contributed by atoms with Gasteiger partial charge in [-0.15, -0.1) is 0 Å². The molecule has 26 heavy (non-hydrogen) atoms. The largest absolute Gasteiger partial charge is 0.484 e. The van der Waals surface area contributed by atoms with Crippen molar-refractivity contribution >= 4 is 23.2 Å². The number of anilines is 2. The molecule has 0 radical (unpaired) electrons. The van der Waals surface area contributed by atoms with Crippen LogP contribution in [0.3, 0.4) is 0 Å². The second kappa shape index (κ2) is 8.04. The molecule has 2 rings (SSSR count). The predicted octanol–water partition coefficient (Wildman–Crippen LogP) is 4.27. The zero-order chi connectivity index (χ0) is 19.3. The van der Waals surface area contributed by atoms with E-state index in [1.54, 1.807) is 12.1 Å². The Kier molecular flexibility index (Phi) is 6.03. The van der Waals surface area contributed by atoms with E-state index in [-0.39, 0.29) is 23.8 Å². The van der Waals surface area contributed by atoms with Crippen LogP contribution in [0.1, 0.15) is 38.8 Å². The normalized spacial score (nSPS) is 11.0. The number of hydrogen-bond acceptors (Lipinski definition) is 3. The van der Waals surface area contributed by atoms with Crippen LogP contribution >= 0.6 is 0 Å². The molecular weight excluding hydrogens is 328 g/mol. The number of aryl methyl sites for hydroxylation is 1. The fourth-order valence-electron chi connectivity index (χ4n) is 2.42. The Bertz CT molecular complexity index is 790. The zero-order valence-electron chi connectivity index (χ0n) is 16.0. The molecule has 2 N–H and O–H groups in total. The minimum Gasteiger partial charge on any atom is -0.484 e. The summed E-state index contributed by atoms with van der Waals surface area (Å²) in [6.07, 6.45) is 0. The summed E-state index contributed by atoms with van der Waals surface area (Å²) >= 11 is 0. The molecule has 0 heterocycles. The van der Waals surface area contributed by atoms with Crippen molar-refractivity contribution < 1.29 is 14.3 Å². The molecule has 0 unspecified atom stereocenters. The number of benzene rings is 2. The number of hydrogen-bond donors (Lipinski definition) is 2. The first-order valence-corrected chi connectivity index (χ1v) is 8.56. The van der Waals surface area contributed by atoms with E-state index in [1.165, 1.54) is 12.5 Å². The predicted molar refractivity (Wildman–Crippen MR) is 105 cm³/mol. The van der Waals surface area contributed by atoms with Crippen LogP contribution in [0.5, 0.6) is 5.75 Å². The summed E-state index contributed by atoms with van der Waals surface area (Å²) in [5.41, 5.74) is 3.49. The summed E-state index contributed by atoms with van der Waals surface area (Å²) < 4.78 is 5.54. The van der Waals surface area contributed by atoms with Crippen molar-refractivity contribution in [1.29, 1.82) is 0 Å². The molecular formula is C21H26N2O3. The molecule has 0 aliphatic heterocycles. The van der Waals surface area contributed by atoms with Gasteiger partial charge in [0.15, 0.2) is 6.61 Å². The van der Waals surface area contributed by atoms with E-state index < -0.39 is 0 Å². The summed E-state index contributed by atoms with van der Waals surface area (Å²) in [4.78, 5) is 23.3. The van der Waals surface area contributed by atoms with E-state index in [2.05, 4.69) is 31.4 Å². The third-order valence-electron chi connectivity index (χ3n) is 3.92. The molecule has 138 valence electrons. The van der Waals surface area contributed by atoms with Crippen LogP contribution < -0.4 is 15.4 Å². The monoisotopic (exact) mass is 354 g/mol. The fraction of sp³-hybridized carbons (Fsp3) is 0.333. The smallest absolute Gasteiger partial charge is 0.262 e. The highest BCUT2D eigenvalue weighted by atomic mass is 16.5. The summed E-state index contributed by atoms with van der Waals surface area (Å²) in [7, 11) is 0. The van der Waals surface area contributed by atoms with Gasteiger partial charge >= 0.3 is 0 Å². The maximum atomic E-state index is 12.1. The van der Waals surface area contributed by atoms with Crippen molar-refractivity contribution in [2.24, 2.45) is 0 Å². The lowest BCUT2D eigenvalue weighted by Crippen LogP contribution is -2.20. The molecule has 0 spiro atoms. The van der Waals surface area contributed by atoms with Crippen LogP contribution in [-0.4, -0.2) is 18.4 Å². The molecule has 0 saturated carbocycles. The standard InChI is InChI=1S/C21H26N2O3/c1-14-6-9-17(12-19(14)22-15(2)24)23-20(25)13-26-18-10-7-16(8-11-18)21(3,4)5/h6-12H,13H2,1-5H3,(H,22,24)(H,23,25). The SMILES string of the molecule is CC(=O)Nc1cc(NC(=O)COc2ccc(C(C)(C)C)cc2)ccc1C. The van der Waals surface area contributed by atoms with E-state index in [1.807, 2.05) is 37.3 Å². The molecule has 5 heteroatoms. The summed E-state index contributed by atoms with van der Waals surface area (Å²) in [5, 5.41) is 5.51. The Labute approximate surface area is 154 Å². The van der Waals surface area contributed by atoms with Gasteiger partial charge in [0.25, 0.3) is 5.91 Å². The van der Waals surface area contributed by atoms with Crippen molar-refractivity contribution in [2.45, 2.75) is 40.0 Å². The van der Waals surface area contributed by atoms with Gasteiger partial charge in [-0.25, -0.2) is 0 Å². The average molecular weight is 354 g/mol. The van der Waals surface area contributed by atoms with E-state index in [0.29, 0.717) is 17.1 Å². The number of rotatable bonds is 5. The van der Waals surface area contributed by atoms with E-state index in [4.69, 9.17) is 4.74 Å². The van der Waals surface area contributed by atoms with Crippen LogP contribution in [-0.2, 0) is 15.0 Å². The van der Waals surface area contributed by atoms with Crippen LogP contribution in [0.25, 0.3) is 0 Å². The van der Waals surface area contributed by atoms with Crippen LogP contribution in [0.2, 0.25) is 0 Å². The Morgan fingerprint density at radius 3 is 2.23 bits per heavy atom. The van der Waals surface area contributed by atoms with E-state index in [0.717, 1.165) is 5.56 Å². The second-order valence-corrected chi connectivity index (χ2v) is 7.32. The highest BCUT2D eigenvalue weighted by Gasteiger charge is 2.13. The van der Waals surface area contributed by atoms with Gasteiger partial charge in [0, 0.05) is 18.3 Å². The molecule has 0 aliphatic rings. The van der Waals surface area contributed by atoms with Crippen molar-refractivity contribution in [2.75, 3.05) is 17.2 Å². The Morgan fingerprint density at radius 2 is 1.65 bits per heavy atom. The van der Waals surface area contributed by atoms with Gasteiger partial charge < -0.3 is 15.4 Å². The molecule has 0 fully saturated rings. The van der Waals surface area contributed by atoms with Gasteiger partial charge in [-0.2, -0.15) is 0 Å². The highest BCUT2D eigenvalue weighted by Crippen LogP contribution is 2.24. The molecule has 0 aromatic heterocycles. The summed E-state index contributed by atoms with van der Waals surface area (Å²) in [5.74, 6) is 0.233. The maximum Gasteiger partial charge on any atom is 0.262 e. The molecule has 2 aromatic rings. The number of carbonyl (C=O) groups excluding carboxylic acids is 2. The van der Waals surface area contributed by atoms with Gasteiger partial charge in [0.2, 0.25) is 5.91 Å². The van der Waals surface area contributed by atoms with Crippen LogP contribution in [0, 0.1) is 6.92 Å². The lowest BCUT2D eigenvalue weighted by molar-refractivity contribution is -0.118. The van der Waals surface area contributed by atoms with Gasteiger partial charge in [-0.05, 0) is 47.7 Å². The van der Waals surface area contributed by atoms with Crippen LogP contribution in [0.15, 0.2) is 42.5 Å². The summed E-state index contributed by atoms with van der Waals surface area (Å²) in [6, 6.07) is 13.1. The fourth-order valence-corrected chi connectivity index (χ4v) is 2.42. The van der Waals surface area contributed by atoms with Gasteiger partial charge in [0.1, 0.15) is 5.75 Å².